The quantitative estimate of drug-likeness (QED) is 0.634. The number of hydrogen-bond donors (Lipinski definition) is 0. The Kier molecular flexibility index (Phi) is 1.75. The Balaban J connectivity index is 3.09. The van der Waals surface area contributed by atoms with E-state index in [4.69, 9.17) is 0 Å². The standard InChI is InChI=1S/C4H2BrNOS/c5-4-3(1-7)2-8-6-4/h1-2H. The lowest BCUT2D eigenvalue weighted by atomic mass is 10.4. The van der Waals surface area contributed by atoms with E-state index in [1.54, 1.807) is 5.38 Å². The number of carbonyl (C=O) groups excluding carboxylic acids is 1. The van der Waals surface area contributed by atoms with Crippen molar-refractivity contribution in [2.45, 2.75) is 0 Å². The molecular weight excluding hydrogens is 190 g/mol. The van der Waals surface area contributed by atoms with E-state index in [9.17, 15) is 4.79 Å². The molecule has 0 bridgehead atoms. The van der Waals surface area contributed by atoms with Crippen molar-refractivity contribution in [2.24, 2.45) is 0 Å². The number of nitrogens with zero attached hydrogens (tertiary/aromatic N) is 1. The zero-order valence-corrected chi connectivity index (χ0v) is 6.20. The van der Waals surface area contributed by atoms with Crippen LogP contribution in [0.4, 0.5) is 0 Å². The Bertz CT molecular complexity index is 198. The van der Waals surface area contributed by atoms with Gasteiger partial charge in [0.05, 0.1) is 5.56 Å². The predicted octanol–water partition coefficient (Wildman–Crippen LogP) is 1.72. The highest BCUT2D eigenvalue weighted by atomic mass is 79.9. The van der Waals surface area contributed by atoms with E-state index in [1.807, 2.05) is 0 Å². The lowest BCUT2D eigenvalue weighted by molar-refractivity contribution is 0.112. The highest BCUT2D eigenvalue weighted by Gasteiger charge is 1.97. The van der Waals surface area contributed by atoms with Crippen molar-refractivity contribution in [3.63, 3.8) is 0 Å². The van der Waals surface area contributed by atoms with Crippen LogP contribution in [0.5, 0.6) is 0 Å². The fourth-order valence-corrected chi connectivity index (χ4v) is 1.45. The van der Waals surface area contributed by atoms with E-state index in [2.05, 4.69) is 20.3 Å². The summed E-state index contributed by atoms with van der Waals surface area (Å²) in [5.41, 5.74) is 0.620. The normalized spacial score (nSPS) is 9.12. The van der Waals surface area contributed by atoms with Crippen LogP contribution in [0.25, 0.3) is 0 Å². The first kappa shape index (κ1) is 5.91. The van der Waals surface area contributed by atoms with E-state index < -0.39 is 0 Å². The van der Waals surface area contributed by atoms with Crippen molar-refractivity contribution in [3.05, 3.63) is 15.5 Å². The van der Waals surface area contributed by atoms with Gasteiger partial charge < -0.3 is 0 Å². The molecule has 2 nitrogen and oxygen atoms in total. The summed E-state index contributed by atoms with van der Waals surface area (Å²) < 4.78 is 4.45. The molecule has 1 rings (SSSR count). The van der Waals surface area contributed by atoms with Crippen LogP contribution in [-0.4, -0.2) is 10.7 Å². The third-order valence-corrected chi connectivity index (χ3v) is 2.19. The maximum absolute atomic E-state index is 10.0. The molecule has 0 atom stereocenters. The summed E-state index contributed by atoms with van der Waals surface area (Å²) in [5, 5.41) is 1.69. The van der Waals surface area contributed by atoms with Crippen molar-refractivity contribution in [1.29, 1.82) is 0 Å². The molecular formula is C4H2BrNOS. The van der Waals surface area contributed by atoms with Crippen LogP contribution >= 0.6 is 27.5 Å². The minimum Gasteiger partial charge on any atom is -0.298 e. The zero-order valence-electron chi connectivity index (χ0n) is 3.80. The number of aldehydes is 1. The van der Waals surface area contributed by atoms with Gasteiger partial charge in [-0.25, -0.2) is 0 Å². The second kappa shape index (κ2) is 2.37. The molecule has 0 aromatic carbocycles. The van der Waals surface area contributed by atoms with Gasteiger partial charge in [0.1, 0.15) is 4.60 Å². The lowest BCUT2D eigenvalue weighted by Gasteiger charge is -1.74. The van der Waals surface area contributed by atoms with Crippen molar-refractivity contribution in [1.82, 2.24) is 4.37 Å². The van der Waals surface area contributed by atoms with Crippen LogP contribution in [0.3, 0.4) is 0 Å². The third-order valence-electron chi connectivity index (χ3n) is 0.678. The van der Waals surface area contributed by atoms with Gasteiger partial charge in [0.25, 0.3) is 0 Å². The van der Waals surface area contributed by atoms with Crippen LogP contribution in [-0.2, 0) is 0 Å². The molecule has 0 spiro atoms. The molecule has 0 saturated carbocycles. The summed E-state index contributed by atoms with van der Waals surface area (Å²) in [6.07, 6.45) is 0.771. The highest BCUT2D eigenvalue weighted by Crippen LogP contribution is 2.13. The number of aromatic nitrogens is 1. The Labute approximate surface area is 58.8 Å². The van der Waals surface area contributed by atoms with Crippen LogP contribution < -0.4 is 0 Å². The van der Waals surface area contributed by atoms with E-state index in [1.165, 1.54) is 11.5 Å². The molecule has 0 N–H and O–H groups in total. The Morgan fingerprint density at radius 2 is 2.62 bits per heavy atom. The molecule has 1 aromatic heterocycles. The highest BCUT2D eigenvalue weighted by molar-refractivity contribution is 9.10. The maximum atomic E-state index is 10.0. The van der Waals surface area contributed by atoms with E-state index in [0.29, 0.717) is 10.2 Å². The van der Waals surface area contributed by atoms with Gasteiger partial charge in [-0.05, 0) is 27.5 Å². The first-order valence-corrected chi connectivity index (χ1v) is 3.52. The molecule has 0 unspecified atom stereocenters. The fourth-order valence-electron chi connectivity index (χ4n) is 0.307. The van der Waals surface area contributed by atoms with Gasteiger partial charge in [0.15, 0.2) is 6.29 Å². The Morgan fingerprint density at radius 3 is 2.88 bits per heavy atom. The summed E-state index contributed by atoms with van der Waals surface area (Å²) in [4.78, 5) is 10.0. The number of rotatable bonds is 1. The van der Waals surface area contributed by atoms with Crippen molar-refractivity contribution >= 4 is 33.7 Å². The second-order valence-corrected chi connectivity index (χ2v) is 2.56. The summed E-state index contributed by atoms with van der Waals surface area (Å²) in [6.45, 7) is 0. The summed E-state index contributed by atoms with van der Waals surface area (Å²) in [7, 11) is 0. The van der Waals surface area contributed by atoms with Gasteiger partial charge in [-0.15, -0.1) is 0 Å². The molecule has 0 aliphatic rings. The minimum absolute atomic E-state index is 0.620. The monoisotopic (exact) mass is 191 g/mol. The van der Waals surface area contributed by atoms with Crippen molar-refractivity contribution in [3.8, 4) is 0 Å². The molecule has 0 aliphatic heterocycles. The minimum atomic E-state index is 0.620. The number of halogens is 1. The summed E-state index contributed by atoms with van der Waals surface area (Å²) in [5.74, 6) is 0. The average Bonchev–Trinajstić information content (AvgIpc) is 2.14. The Morgan fingerprint density at radius 1 is 1.88 bits per heavy atom. The molecule has 0 saturated heterocycles. The zero-order chi connectivity index (χ0) is 5.98. The molecule has 0 radical (unpaired) electrons. The third kappa shape index (κ3) is 0.952. The van der Waals surface area contributed by atoms with Crippen LogP contribution in [0.2, 0.25) is 0 Å². The van der Waals surface area contributed by atoms with Gasteiger partial charge in [0, 0.05) is 5.38 Å². The largest absolute Gasteiger partial charge is 0.298 e. The maximum Gasteiger partial charge on any atom is 0.153 e. The molecule has 8 heavy (non-hydrogen) atoms. The van der Waals surface area contributed by atoms with Gasteiger partial charge >= 0.3 is 0 Å². The Hall–Kier alpha value is -0.220. The van der Waals surface area contributed by atoms with E-state index >= 15 is 0 Å². The summed E-state index contributed by atoms with van der Waals surface area (Å²) in [6, 6.07) is 0. The molecule has 0 aliphatic carbocycles. The second-order valence-electron chi connectivity index (χ2n) is 1.18. The van der Waals surface area contributed by atoms with Gasteiger partial charge in [0.2, 0.25) is 0 Å². The number of hydrogen-bond acceptors (Lipinski definition) is 3. The molecule has 1 aromatic rings. The molecule has 0 amide bonds. The van der Waals surface area contributed by atoms with Gasteiger partial charge in [-0.3, -0.25) is 4.79 Å². The van der Waals surface area contributed by atoms with Crippen LogP contribution in [0.15, 0.2) is 9.98 Å². The van der Waals surface area contributed by atoms with Gasteiger partial charge in [-0.2, -0.15) is 4.37 Å². The number of carbonyl (C=O) groups is 1. The van der Waals surface area contributed by atoms with Crippen molar-refractivity contribution in [2.75, 3.05) is 0 Å². The lowest BCUT2D eigenvalue weighted by Crippen LogP contribution is -1.72. The van der Waals surface area contributed by atoms with E-state index in [-0.39, 0.29) is 0 Å². The first-order chi connectivity index (χ1) is 3.84. The predicted molar refractivity (Wildman–Crippen MR) is 35.2 cm³/mol. The van der Waals surface area contributed by atoms with Gasteiger partial charge in [-0.1, -0.05) is 0 Å². The first-order valence-electron chi connectivity index (χ1n) is 1.89. The van der Waals surface area contributed by atoms with Crippen molar-refractivity contribution < 1.29 is 4.79 Å². The van der Waals surface area contributed by atoms with Crippen LogP contribution in [0, 0.1) is 0 Å². The fraction of sp³-hybridized carbons (Fsp3) is 0. The van der Waals surface area contributed by atoms with E-state index in [0.717, 1.165) is 6.29 Å². The molecule has 4 heteroatoms. The smallest absolute Gasteiger partial charge is 0.153 e. The molecule has 0 fully saturated rings. The molecule has 42 valence electrons. The van der Waals surface area contributed by atoms with Crippen LogP contribution in [0.1, 0.15) is 10.4 Å². The topological polar surface area (TPSA) is 30.0 Å². The average molecular weight is 192 g/mol. The SMILES string of the molecule is O=Cc1csnc1Br. The molecule has 1 heterocycles. The summed E-state index contributed by atoms with van der Waals surface area (Å²) >= 11 is 4.36.